The van der Waals surface area contributed by atoms with Crippen LogP contribution in [-0.2, 0) is 0 Å². The van der Waals surface area contributed by atoms with Crippen LogP contribution in [0.15, 0.2) is 30.5 Å². The zero-order valence-electron chi connectivity index (χ0n) is 10.5. The number of nitrogens with zero attached hydrogens (tertiary/aromatic N) is 1. The van der Waals surface area contributed by atoms with Crippen LogP contribution in [0.4, 0.5) is 10.1 Å². The van der Waals surface area contributed by atoms with E-state index in [1.54, 1.807) is 25.3 Å². The molecule has 2 aromatic rings. The molecule has 98 valence electrons. The van der Waals surface area contributed by atoms with E-state index < -0.39 is 11.7 Å². The molecule has 0 saturated carbocycles. The van der Waals surface area contributed by atoms with Gasteiger partial charge in [-0.15, -0.1) is 0 Å². The van der Waals surface area contributed by atoms with Gasteiger partial charge < -0.3 is 5.32 Å². The molecular weight excluding hydrogens is 267 g/mol. The number of hydrogen-bond acceptors (Lipinski definition) is 2. The molecule has 2 rings (SSSR count). The number of pyridine rings is 1. The summed E-state index contributed by atoms with van der Waals surface area (Å²) < 4.78 is 13.2. The fourth-order valence-electron chi connectivity index (χ4n) is 1.67. The van der Waals surface area contributed by atoms with Crippen LogP contribution in [-0.4, -0.2) is 10.9 Å². The summed E-state index contributed by atoms with van der Waals surface area (Å²) in [4.78, 5) is 16.0. The van der Waals surface area contributed by atoms with E-state index in [1.807, 2.05) is 6.92 Å². The number of amides is 1. The molecule has 1 aromatic heterocycles. The van der Waals surface area contributed by atoms with Gasteiger partial charge in [0.2, 0.25) is 0 Å². The van der Waals surface area contributed by atoms with E-state index in [4.69, 9.17) is 11.6 Å². The van der Waals surface area contributed by atoms with Crippen molar-refractivity contribution in [2.75, 3.05) is 5.32 Å². The van der Waals surface area contributed by atoms with Crippen LogP contribution in [0.5, 0.6) is 0 Å². The minimum absolute atomic E-state index is 0.202. The third-order valence-corrected chi connectivity index (χ3v) is 2.97. The number of anilines is 1. The highest BCUT2D eigenvalue weighted by Crippen LogP contribution is 2.21. The topological polar surface area (TPSA) is 42.0 Å². The third-order valence-electron chi connectivity index (χ3n) is 2.67. The standard InChI is InChI=1S/C14H12ClFN2O/c1-8-5-12(13(15)17-7-8)18-14(19)11-6-10(16)4-3-9(11)2/h3-7H,1-2H3,(H,18,19). The first-order valence-corrected chi connectivity index (χ1v) is 6.05. The first-order chi connectivity index (χ1) is 8.97. The summed E-state index contributed by atoms with van der Waals surface area (Å²) in [6, 6.07) is 5.78. The predicted octanol–water partition coefficient (Wildman–Crippen LogP) is 3.74. The molecule has 0 bridgehead atoms. The first kappa shape index (κ1) is 13.5. The summed E-state index contributed by atoms with van der Waals surface area (Å²) in [6.07, 6.45) is 1.60. The lowest BCUT2D eigenvalue weighted by Crippen LogP contribution is -2.14. The zero-order valence-corrected chi connectivity index (χ0v) is 11.3. The predicted molar refractivity (Wildman–Crippen MR) is 73.1 cm³/mol. The van der Waals surface area contributed by atoms with E-state index in [0.717, 1.165) is 5.56 Å². The Morgan fingerprint density at radius 2 is 2.05 bits per heavy atom. The molecule has 1 heterocycles. The van der Waals surface area contributed by atoms with Crippen molar-refractivity contribution >= 4 is 23.2 Å². The Labute approximate surface area is 115 Å². The number of rotatable bonds is 2. The molecule has 1 aromatic carbocycles. The SMILES string of the molecule is Cc1cnc(Cl)c(NC(=O)c2cc(F)ccc2C)c1. The highest BCUT2D eigenvalue weighted by atomic mass is 35.5. The Morgan fingerprint density at radius 1 is 1.32 bits per heavy atom. The van der Waals surface area contributed by atoms with Crippen LogP contribution < -0.4 is 5.32 Å². The molecule has 1 N–H and O–H groups in total. The van der Waals surface area contributed by atoms with Gasteiger partial charge >= 0.3 is 0 Å². The summed E-state index contributed by atoms with van der Waals surface area (Å²) >= 11 is 5.90. The van der Waals surface area contributed by atoms with E-state index in [-0.39, 0.29) is 10.7 Å². The van der Waals surface area contributed by atoms with Gasteiger partial charge in [0, 0.05) is 11.8 Å². The Hall–Kier alpha value is -1.94. The highest BCUT2D eigenvalue weighted by molar-refractivity contribution is 6.32. The molecule has 0 saturated heterocycles. The molecule has 0 atom stereocenters. The fourth-order valence-corrected chi connectivity index (χ4v) is 1.82. The maximum absolute atomic E-state index is 13.2. The number of carbonyl (C=O) groups is 1. The van der Waals surface area contributed by atoms with Gasteiger partial charge in [0.05, 0.1) is 5.69 Å². The summed E-state index contributed by atoms with van der Waals surface area (Å²) in [5.74, 6) is -0.865. The van der Waals surface area contributed by atoms with Gasteiger partial charge in [0.25, 0.3) is 5.91 Å². The van der Waals surface area contributed by atoms with Crippen molar-refractivity contribution < 1.29 is 9.18 Å². The van der Waals surface area contributed by atoms with Crippen LogP contribution in [0.2, 0.25) is 5.15 Å². The average molecular weight is 279 g/mol. The Bertz CT molecular complexity index is 643. The van der Waals surface area contributed by atoms with Crippen molar-refractivity contribution in [2.45, 2.75) is 13.8 Å². The van der Waals surface area contributed by atoms with Gasteiger partial charge in [-0.1, -0.05) is 17.7 Å². The van der Waals surface area contributed by atoms with Crippen LogP contribution in [0.3, 0.4) is 0 Å². The smallest absolute Gasteiger partial charge is 0.256 e. The Morgan fingerprint density at radius 3 is 2.79 bits per heavy atom. The van der Waals surface area contributed by atoms with Crippen molar-refractivity contribution in [3.8, 4) is 0 Å². The second-order valence-corrected chi connectivity index (χ2v) is 4.62. The van der Waals surface area contributed by atoms with Crippen LogP contribution >= 0.6 is 11.6 Å². The maximum atomic E-state index is 13.2. The molecule has 0 fully saturated rings. The van der Waals surface area contributed by atoms with Crippen molar-refractivity contribution in [1.29, 1.82) is 0 Å². The summed E-state index contributed by atoms with van der Waals surface area (Å²) in [7, 11) is 0. The molecule has 1 amide bonds. The number of aryl methyl sites for hydroxylation is 2. The quantitative estimate of drug-likeness (QED) is 0.850. The lowest BCUT2D eigenvalue weighted by molar-refractivity contribution is 0.102. The van der Waals surface area contributed by atoms with E-state index in [2.05, 4.69) is 10.3 Å². The highest BCUT2D eigenvalue weighted by Gasteiger charge is 2.12. The summed E-state index contributed by atoms with van der Waals surface area (Å²) in [5, 5.41) is 2.84. The Kier molecular flexibility index (Phi) is 3.81. The van der Waals surface area contributed by atoms with E-state index in [9.17, 15) is 9.18 Å². The summed E-state index contributed by atoms with van der Waals surface area (Å²) in [6.45, 7) is 3.58. The van der Waals surface area contributed by atoms with Gasteiger partial charge in [-0.25, -0.2) is 9.37 Å². The molecule has 19 heavy (non-hydrogen) atoms. The fraction of sp³-hybridized carbons (Fsp3) is 0.143. The van der Waals surface area contributed by atoms with Crippen LogP contribution in [0.25, 0.3) is 0 Å². The average Bonchev–Trinajstić information content (AvgIpc) is 2.36. The van der Waals surface area contributed by atoms with E-state index in [1.165, 1.54) is 12.1 Å². The largest absolute Gasteiger partial charge is 0.319 e. The number of hydrogen-bond donors (Lipinski definition) is 1. The maximum Gasteiger partial charge on any atom is 0.256 e. The minimum Gasteiger partial charge on any atom is -0.319 e. The first-order valence-electron chi connectivity index (χ1n) is 5.67. The van der Waals surface area contributed by atoms with Gasteiger partial charge in [0.15, 0.2) is 5.15 Å². The van der Waals surface area contributed by atoms with E-state index in [0.29, 0.717) is 11.3 Å². The molecule has 0 spiro atoms. The van der Waals surface area contributed by atoms with Crippen molar-refractivity contribution in [3.63, 3.8) is 0 Å². The lowest BCUT2D eigenvalue weighted by atomic mass is 10.1. The molecule has 0 aliphatic carbocycles. The van der Waals surface area contributed by atoms with Crippen molar-refractivity contribution in [3.05, 3.63) is 58.1 Å². The number of benzene rings is 1. The van der Waals surface area contributed by atoms with E-state index >= 15 is 0 Å². The molecule has 0 unspecified atom stereocenters. The molecule has 0 radical (unpaired) electrons. The van der Waals surface area contributed by atoms with Crippen molar-refractivity contribution in [2.24, 2.45) is 0 Å². The van der Waals surface area contributed by atoms with Gasteiger partial charge in [0.1, 0.15) is 5.82 Å². The van der Waals surface area contributed by atoms with Crippen molar-refractivity contribution in [1.82, 2.24) is 4.98 Å². The number of halogens is 2. The molecule has 5 heteroatoms. The number of nitrogens with one attached hydrogen (secondary N) is 1. The third kappa shape index (κ3) is 3.09. The molecule has 3 nitrogen and oxygen atoms in total. The number of carbonyl (C=O) groups excluding carboxylic acids is 1. The second-order valence-electron chi connectivity index (χ2n) is 4.26. The number of aromatic nitrogens is 1. The zero-order chi connectivity index (χ0) is 14.0. The van der Waals surface area contributed by atoms with Gasteiger partial charge in [-0.2, -0.15) is 0 Å². The molecule has 0 aliphatic rings. The van der Waals surface area contributed by atoms with Gasteiger partial charge in [-0.3, -0.25) is 4.79 Å². The normalized spacial score (nSPS) is 10.3. The molecular formula is C14H12ClFN2O. The monoisotopic (exact) mass is 278 g/mol. The Balaban J connectivity index is 2.30. The van der Waals surface area contributed by atoms with Crippen LogP contribution in [0, 0.1) is 19.7 Å². The van der Waals surface area contributed by atoms with Crippen LogP contribution in [0.1, 0.15) is 21.5 Å². The van der Waals surface area contributed by atoms with Gasteiger partial charge in [-0.05, 0) is 43.2 Å². The second kappa shape index (κ2) is 5.36. The summed E-state index contributed by atoms with van der Waals surface area (Å²) in [5.41, 5.74) is 2.25. The molecule has 0 aliphatic heterocycles. The minimum atomic E-state index is -0.454. The lowest BCUT2D eigenvalue weighted by Gasteiger charge is -2.09.